The molecular weight excluding hydrogens is 545 g/mol. The zero-order chi connectivity index (χ0) is 28.1. The summed E-state index contributed by atoms with van der Waals surface area (Å²) in [5.74, 6) is -0.925. The first-order valence-electron chi connectivity index (χ1n) is 12.0. The maximum Gasteiger partial charge on any atom is 0.264 e. The Morgan fingerprint density at radius 3 is 1.95 bits per heavy atom. The number of amides is 2. The van der Waals surface area contributed by atoms with Gasteiger partial charge in [-0.2, -0.15) is 0 Å². The van der Waals surface area contributed by atoms with Gasteiger partial charge in [-0.05, 0) is 63.6 Å². The van der Waals surface area contributed by atoms with Gasteiger partial charge in [-0.25, -0.2) is 8.42 Å². The third kappa shape index (κ3) is 7.72. The highest BCUT2D eigenvalue weighted by molar-refractivity contribution is 7.92. The summed E-state index contributed by atoms with van der Waals surface area (Å²) in [5.41, 5.74) is 0.401. The molecule has 38 heavy (non-hydrogen) atoms. The van der Waals surface area contributed by atoms with Gasteiger partial charge in [0.15, 0.2) is 0 Å². The number of nitrogens with one attached hydrogen (secondary N) is 1. The highest BCUT2D eigenvalue weighted by Crippen LogP contribution is 2.30. The van der Waals surface area contributed by atoms with Crippen LogP contribution in [0.25, 0.3) is 0 Å². The molecule has 0 aliphatic rings. The van der Waals surface area contributed by atoms with Crippen LogP contribution >= 0.6 is 23.2 Å². The van der Waals surface area contributed by atoms with Crippen molar-refractivity contribution >= 4 is 50.7 Å². The molecule has 2 amide bonds. The van der Waals surface area contributed by atoms with Crippen LogP contribution in [0.2, 0.25) is 10.0 Å². The Hall–Kier alpha value is -3.07. The fourth-order valence-corrected chi connectivity index (χ4v) is 5.70. The summed E-state index contributed by atoms with van der Waals surface area (Å²) in [6.45, 7) is 6.68. The predicted octanol–water partition coefficient (Wildman–Crippen LogP) is 5.52. The number of hydrogen-bond donors (Lipinski definition) is 1. The van der Waals surface area contributed by atoms with E-state index in [1.54, 1.807) is 25.1 Å². The van der Waals surface area contributed by atoms with Gasteiger partial charge in [0.1, 0.15) is 12.6 Å². The number of hydrogen-bond acceptors (Lipinski definition) is 4. The number of carbonyl (C=O) groups is 2. The molecule has 0 bridgehead atoms. The van der Waals surface area contributed by atoms with Gasteiger partial charge < -0.3 is 10.2 Å². The zero-order valence-electron chi connectivity index (χ0n) is 21.7. The number of carbonyl (C=O) groups excluding carboxylic acids is 2. The van der Waals surface area contributed by atoms with Crippen molar-refractivity contribution in [3.63, 3.8) is 0 Å². The molecule has 0 aliphatic heterocycles. The van der Waals surface area contributed by atoms with Crippen molar-refractivity contribution in [3.8, 4) is 0 Å². The summed E-state index contributed by atoms with van der Waals surface area (Å²) < 4.78 is 28.5. The first-order chi connectivity index (χ1) is 17.8. The lowest BCUT2D eigenvalue weighted by Gasteiger charge is -2.33. The summed E-state index contributed by atoms with van der Waals surface area (Å²) in [6.07, 6.45) is 0. The smallest absolute Gasteiger partial charge is 0.264 e. The van der Waals surface area contributed by atoms with Crippen molar-refractivity contribution in [2.45, 2.75) is 50.7 Å². The minimum atomic E-state index is -4.20. The predicted molar refractivity (Wildman–Crippen MR) is 152 cm³/mol. The molecule has 7 nitrogen and oxygen atoms in total. The van der Waals surface area contributed by atoms with E-state index in [0.717, 1.165) is 9.87 Å². The summed E-state index contributed by atoms with van der Waals surface area (Å²) >= 11 is 12.4. The Balaban J connectivity index is 2.05. The lowest BCUT2D eigenvalue weighted by atomic mass is 10.1. The van der Waals surface area contributed by atoms with Gasteiger partial charge in [0, 0.05) is 22.1 Å². The monoisotopic (exact) mass is 575 g/mol. The zero-order valence-corrected chi connectivity index (χ0v) is 24.0. The van der Waals surface area contributed by atoms with Crippen LogP contribution in [0.1, 0.15) is 33.3 Å². The largest absolute Gasteiger partial charge is 0.350 e. The van der Waals surface area contributed by atoms with Crippen molar-refractivity contribution in [1.82, 2.24) is 10.2 Å². The number of benzene rings is 3. The van der Waals surface area contributed by atoms with E-state index >= 15 is 0 Å². The van der Waals surface area contributed by atoms with E-state index < -0.39 is 34.1 Å². The van der Waals surface area contributed by atoms with Crippen LogP contribution in [0.4, 0.5) is 5.69 Å². The van der Waals surface area contributed by atoms with E-state index in [1.165, 1.54) is 35.2 Å². The van der Waals surface area contributed by atoms with E-state index in [2.05, 4.69) is 5.32 Å². The van der Waals surface area contributed by atoms with Crippen molar-refractivity contribution in [1.29, 1.82) is 0 Å². The highest BCUT2D eigenvalue weighted by Gasteiger charge is 2.33. The van der Waals surface area contributed by atoms with Gasteiger partial charge in [-0.15, -0.1) is 0 Å². The van der Waals surface area contributed by atoms with Crippen LogP contribution < -0.4 is 9.62 Å². The van der Waals surface area contributed by atoms with Gasteiger partial charge in [0.05, 0.1) is 10.6 Å². The third-order valence-electron chi connectivity index (χ3n) is 5.61. The second-order valence-corrected chi connectivity index (χ2v) is 12.6. The molecule has 0 radical (unpaired) electrons. The SMILES string of the molecule is C[C@@H](C(=O)NC(C)(C)C)N(Cc1ccccc1)C(=O)CN(c1cc(Cl)cc(Cl)c1)S(=O)(=O)c1ccccc1. The minimum absolute atomic E-state index is 0.00275. The van der Waals surface area contributed by atoms with E-state index in [9.17, 15) is 18.0 Å². The molecule has 0 spiro atoms. The van der Waals surface area contributed by atoms with Crippen LogP contribution in [-0.4, -0.2) is 43.3 Å². The lowest BCUT2D eigenvalue weighted by Crippen LogP contribution is -2.54. The molecule has 0 saturated heterocycles. The fraction of sp³-hybridized carbons (Fsp3) is 0.286. The van der Waals surface area contributed by atoms with Crippen LogP contribution in [-0.2, 0) is 26.2 Å². The number of sulfonamides is 1. The molecule has 0 aliphatic carbocycles. The van der Waals surface area contributed by atoms with Crippen LogP contribution in [0, 0.1) is 0 Å². The second kappa shape index (κ2) is 12.2. The quantitative estimate of drug-likeness (QED) is 0.364. The van der Waals surface area contributed by atoms with E-state index in [1.807, 2.05) is 51.1 Å². The van der Waals surface area contributed by atoms with Crippen LogP contribution in [0.5, 0.6) is 0 Å². The number of rotatable bonds is 9. The van der Waals surface area contributed by atoms with Gasteiger partial charge in [0.25, 0.3) is 10.0 Å². The van der Waals surface area contributed by atoms with E-state index in [0.29, 0.717) is 0 Å². The van der Waals surface area contributed by atoms with Crippen molar-refractivity contribution in [3.05, 3.63) is 94.5 Å². The molecule has 0 saturated carbocycles. The summed E-state index contributed by atoms with van der Waals surface area (Å²) in [5, 5.41) is 3.33. The molecule has 1 atom stereocenters. The second-order valence-electron chi connectivity index (χ2n) is 9.87. The Morgan fingerprint density at radius 1 is 0.895 bits per heavy atom. The van der Waals surface area contributed by atoms with Gasteiger partial charge >= 0.3 is 0 Å². The average Bonchev–Trinajstić information content (AvgIpc) is 2.84. The Labute approximate surface area is 234 Å². The number of nitrogens with zero attached hydrogens (tertiary/aromatic N) is 2. The molecular formula is C28H31Cl2N3O4S. The lowest BCUT2D eigenvalue weighted by molar-refractivity contribution is -0.140. The highest BCUT2D eigenvalue weighted by atomic mass is 35.5. The summed E-state index contributed by atoms with van der Waals surface area (Å²) in [4.78, 5) is 28.3. The van der Waals surface area contributed by atoms with Gasteiger partial charge in [-0.1, -0.05) is 71.7 Å². The minimum Gasteiger partial charge on any atom is -0.350 e. The van der Waals surface area contributed by atoms with E-state index in [-0.39, 0.29) is 33.1 Å². The normalized spacial score (nSPS) is 12.5. The molecule has 3 aromatic rings. The average molecular weight is 577 g/mol. The van der Waals surface area contributed by atoms with Gasteiger partial charge in [0.2, 0.25) is 11.8 Å². The third-order valence-corrected chi connectivity index (χ3v) is 7.83. The van der Waals surface area contributed by atoms with Crippen molar-refractivity contribution in [2.24, 2.45) is 0 Å². The maximum absolute atomic E-state index is 13.9. The molecule has 202 valence electrons. The summed E-state index contributed by atoms with van der Waals surface area (Å²) in [7, 11) is -4.20. The molecule has 1 N–H and O–H groups in total. The topological polar surface area (TPSA) is 86.8 Å². The van der Waals surface area contributed by atoms with Crippen molar-refractivity contribution in [2.75, 3.05) is 10.8 Å². The van der Waals surface area contributed by atoms with Crippen LogP contribution in [0.3, 0.4) is 0 Å². The maximum atomic E-state index is 13.9. The number of halogens is 2. The Morgan fingerprint density at radius 2 is 1.42 bits per heavy atom. The molecule has 3 rings (SSSR count). The summed E-state index contributed by atoms with van der Waals surface area (Å²) in [6, 6.07) is 20.4. The van der Waals surface area contributed by atoms with Crippen LogP contribution in [0.15, 0.2) is 83.8 Å². The molecule has 3 aromatic carbocycles. The molecule has 0 aromatic heterocycles. The standard InChI is InChI=1S/C28H31Cl2N3O4S/c1-20(27(35)31-28(2,3)4)32(18-21-11-7-5-8-12-21)26(34)19-33(24-16-22(29)15-23(30)17-24)38(36,37)25-13-9-6-10-14-25/h5-17,20H,18-19H2,1-4H3,(H,31,35)/t20-/m0/s1. The number of anilines is 1. The fourth-order valence-electron chi connectivity index (χ4n) is 3.77. The van der Waals surface area contributed by atoms with Gasteiger partial charge in [-0.3, -0.25) is 13.9 Å². The van der Waals surface area contributed by atoms with E-state index in [4.69, 9.17) is 23.2 Å². The Kier molecular flexibility index (Phi) is 9.46. The first-order valence-corrected chi connectivity index (χ1v) is 14.2. The Bertz CT molecular complexity index is 1360. The molecule has 10 heteroatoms. The first kappa shape index (κ1) is 29.5. The molecule has 0 fully saturated rings. The molecule has 0 heterocycles. The molecule has 0 unspecified atom stereocenters. The van der Waals surface area contributed by atoms with Crippen molar-refractivity contribution < 1.29 is 18.0 Å².